The van der Waals surface area contributed by atoms with Gasteiger partial charge in [-0.2, -0.15) is 5.10 Å². The molecule has 0 aliphatic rings. The van der Waals surface area contributed by atoms with Crippen LogP contribution in [-0.2, 0) is 12.5 Å². The summed E-state index contributed by atoms with van der Waals surface area (Å²) in [5.74, 6) is 0. The highest BCUT2D eigenvalue weighted by atomic mass is 16.3. The molecule has 1 heterocycles. The van der Waals surface area contributed by atoms with Crippen LogP contribution in [0.2, 0.25) is 0 Å². The normalized spacial score (nSPS) is 10.8. The Morgan fingerprint density at radius 2 is 1.87 bits per heavy atom. The van der Waals surface area contributed by atoms with Crippen molar-refractivity contribution in [1.82, 2.24) is 9.78 Å². The quantitative estimate of drug-likeness (QED) is 0.836. The zero-order valence-electron chi connectivity index (χ0n) is 10.6. The number of aryl methyl sites for hydroxylation is 1. The van der Waals surface area contributed by atoms with Gasteiger partial charge in [0, 0.05) is 18.7 Å². The van der Waals surface area contributed by atoms with E-state index in [0.717, 1.165) is 5.69 Å². The Bertz CT molecular complexity index is 264. The molecule has 0 fully saturated rings. The lowest BCUT2D eigenvalue weighted by atomic mass is 9.91. The first-order valence-electron chi connectivity index (χ1n) is 5.59. The molecule has 0 saturated carbocycles. The first-order chi connectivity index (χ1) is 6.97. The average molecular weight is 212 g/mol. The van der Waals surface area contributed by atoms with Crippen molar-refractivity contribution in [3.05, 3.63) is 18.0 Å². The Morgan fingerprint density at radius 3 is 2.13 bits per heavy atom. The van der Waals surface area contributed by atoms with E-state index in [4.69, 9.17) is 5.11 Å². The Labute approximate surface area is 93.1 Å². The summed E-state index contributed by atoms with van der Waals surface area (Å²) in [7, 11) is 1.87. The molecule has 1 aromatic heterocycles. The van der Waals surface area contributed by atoms with Crippen molar-refractivity contribution in [2.24, 2.45) is 7.05 Å². The third-order valence-electron chi connectivity index (χ3n) is 2.30. The highest BCUT2D eigenvalue weighted by Crippen LogP contribution is 2.19. The molecule has 0 atom stereocenters. The van der Waals surface area contributed by atoms with Crippen LogP contribution in [-0.4, -0.2) is 21.5 Å². The topological polar surface area (TPSA) is 38.0 Å². The van der Waals surface area contributed by atoms with Crippen molar-refractivity contribution in [2.75, 3.05) is 6.61 Å². The van der Waals surface area contributed by atoms with Crippen molar-refractivity contribution >= 4 is 0 Å². The first-order valence-corrected chi connectivity index (χ1v) is 5.59. The third kappa shape index (κ3) is 4.98. The number of nitrogens with zero attached hydrogens (tertiary/aromatic N) is 2. The lowest BCUT2D eigenvalue weighted by Gasteiger charge is -2.17. The van der Waals surface area contributed by atoms with Crippen LogP contribution in [0.1, 0.15) is 46.2 Å². The number of hydrogen-bond acceptors (Lipinski definition) is 2. The second-order valence-corrected chi connectivity index (χ2v) is 4.42. The summed E-state index contributed by atoms with van der Waals surface area (Å²) in [6.45, 7) is 8.43. The highest BCUT2D eigenvalue weighted by Gasteiger charge is 2.21. The Balaban J connectivity index is 0.000000423. The van der Waals surface area contributed by atoms with Gasteiger partial charge >= 0.3 is 0 Å². The van der Waals surface area contributed by atoms with Gasteiger partial charge in [0.1, 0.15) is 0 Å². The molecule has 88 valence electrons. The van der Waals surface area contributed by atoms with Gasteiger partial charge in [0.05, 0.1) is 12.3 Å². The summed E-state index contributed by atoms with van der Waals surface area (Å²) in [4.78, 5) is 0. The summed E-state index contributed by atoms with van der Waals surface area (Å²) >= 11 is 0. The van der Waals surface area contributed by atoms with Crippen LogP contribution in [0.4, 0.5) is 0 Å². The molecular formula is C12H24N2O. The van der Waals surface area contributed by atoms with Gasteiger partial charge in [-0.15, -0.1) is 0 Å². The van der Waals surface area contributed by atoms with Crippen LogP contribution in [0.3, 0.4) is 0 Å². The predicted octanol–water partition coefficient (Wildman–Crippen LogP) is 2.50. The molecule has 1 rings (SSSR count). The largest absolute Gasteiger partial charge is 0.395 e. The molecule has 0 spiro atoms. The Morgan fingerprint density at radius 1 is 1.33 bits per heavy atom. The van der Waals surface area contributed by atoms with Crippen LogP contribution < -0.4 is 0 Å². The van der Waals surface area contributed by atoms with Crippen LogP contribution in [0.25, 0.3) is 0 Å². The van der Waals surface area contributed by atoms with Gasteiger partial charge in [0.25, 0.3) is 0 Å². The minimum atomic E-state index is -0.221. The number of aliphatic hydroxyl groups excluding tert-OH is 1. The molecule has 0 radical (unpaired) electrons. The van der Waals surface area contributed by atoms with E-state index in [2.05, 4.69) is 18.9 Å². The molecule has 3 heteroatoms. The molecule has 0 aliphatic carbocycles. The molecule has 0 bridgehead atoms. The number of rotatable bonds is 3. The van der Waals surface area contributed by atoms with Crippen LogP contribution in [0.5, 0.6) is 0 Å². The van der Waals surface area contributed by atoms with Crippen LogP contribution in [0, 0.1) is 0 Å². The standard InChI is InChI=1S/C8H14N2O.C4H10/c1-8(2,6-11)7-4-5-10(3)9-7;1-3-4-2/h4-5,11H,6H2,1-3H3;3-4H2,1-2H3. The lowest BCUT2D eigenvalue weighted by Crippen LogP contribution is -2.22. The van der Waals surface area contributed by atoms with Crippen molar-refractivity contribution in [1.29, 1.82) is 0 Å². The molecule has 1 aromatic rings. The molecule has 0 aromatic carbocycles. The molecule has 1 N–H and O–H groups in total. The first kappa shape index (κ1) is 14.2. The second-order valence-electron chi connectivity index (χ2n) is 4.42. The van der Waals surface area contributed by atoms with Gasteiger partial charge in [0.15, 0.2) is 0 Å². The summed E-state index contributed by atoms with van der Waals surface area (Å²) in [6.07, 6.45) is 4.52. The zero-order valence-corrected chi connectivity index (χ0v) is 10.6. The Kier molecular flexibility index (Phi) is 6.25. The van der Waals surface area contributed by atoms with E-state index in [1.807, 2.05) is 33.2 Å². The fourth-order valence-electron chi connectivity index (χ4n) is 0.857. The van der Waals surface area contributed by atoms with Crippen molar-refractivity contribution < 1.29 is 5.11 Å². The molecule has 3 nitrogen and oxygen atoms in total. The maximum absolute atomic E-state index is 9.01. The van der Waals surface area contributed by atoms with E-state index in [1.165, 1.54) is 12.8 Å². The summed E-state index contributed by atoms with van der Waals surface area (Å²) in [5.41, 5.74) is 0.712. The van der Waals surface area contributed by atoms with Gasteiger partial charge in [-0.05, 0) is 6.07 Å². The molecule has 0 saturated heterocycles. The highest BCUT2D eigenvalue weighted by molar-refractivity contribution is 5.11. The zero-order chi connectivity index (χ0) is 11.9. The van der Waals surface area contributed by atoms with Crippen LogP contribution in [0.15, 0.2) is 12.3 Å². The molecule has 0 aliphatic heterocycles. The van der Waals surface area contributed by atoms with Gasteiger partial charge < -0.3 is 5.11 Å². The predicted molar refractivity (Wildman–Crippen MR) is 63.9 cm³/mol. The fourth-order valence-corrected chi connectivity index (χ4v) is 0.857. The maximum atomic E-state index is 9.01. The molecular weight excluding hydrogens is 188 g/mol. The SMILES string of the molecule is CCCC.Cn1ccc(C(C)(C)CO)n1. The minimum absolute atomic E-state index is 0.129. The Hall–Kier alpha value is -0.830. The average Bonchev–Trinajstić information content (AvgIpc) is 2.66. The van der Waals surface area contributed by atoms with Gasteiger partial charge in [-0.1, -0.05) is 40.5 Å². The lowest BCUT2D eigenvalue weighted by molar-refractivity contribution is 0.214. The maximum Gasteiger partial charge on any atom is 0.0703 e. The van der Waals surface area contributed by atoms with E-state index in [0.29, 0.717) is 0 Å². The van der Waals surface area contributed by atoms with Crippen molar-refractivity contribution in [3.63, 3.8) is 0 Å². The molecule has 0 amide bonds. The third-order valence-corrected chi connectivity index (χ3v) is 2.30. The molecule has 0 unspecified atom stereocenters. The van der Waals surface area contributed by atoms with Crippen molar-refractivity contribution in [2.45, 2.75) is 46.0 Å². The fraction of sp³-hybridized carbons (Fsp3) is 0.750. The van der Waals surface area contributed by atoms with Crippen molar-refractivity contribution in [3.8, 4) is 0 Å². The van der Waals surface area contributed by atoms with Gasteiger partial charge in [-0.25, -0.2) is 0 Å². The van der Waals surface area contributed by atoms with E-state index in [1.54, 1.807) is 4.68 Å². The number of unbranched alkanes of at least 4 members (excludes halogenated alkanes) is 1. The number of aliphatic hydroxyl groups is 1. The second kappa shape index (κ2) is 6.62. The van der Waals surface area contributed by atoms with Gasteiger partial charge in [-0.3, -0.25) is 4.68 Å². The number of hydrogen-bond donors (Lipinski definition) is 1. The van der Waals surface area contributed by atoms with Gasteiger partial charge in [0.2, 0.25) is 0 Å². The van der Waals surface area contributed by atoms with E-state index >= 15 is 0 Å². The summed E-state index contributed by atoms with van der Waals surface area (Å²) in [6, 6.07) is 1.93. The number of aromatic nitrogens is 2. The monoisotopic (exact) mass is 212 g/mol. The smallest absolute Gasteiger partial charge is 0.0703 e. The van der Waals surface area contributed by atoms with E-state index < -0.39 is 0 Å². The van der Waals surface area contributed by atoms with E-state index in [-0.39, 0.29) is 12.0 Å². The molecule has 15 heavy (non-hydrogen) atoms. The summed E-state index contributed by atoms with van der Waals surface area (Å²) in [5, 5.41) is 13.2. The van der Waals surface area contributed by atoms with Crippen LogP contribution >= 0.6 is 0 Å². The summed E-state index contributed by atoms with van der Waals surface area (Å²) < 4.78 is 1.74. The minimum Gasteiger partial charge on any atom is -0.395 e. The van der Waals surface area contributed by atoms with E-state index in [9.17, 15) is 0 Å².